The minimum absolute atomic E-state index is 0.556. The molecule has 0 bridgehead atoms. The molecule has 0 spiro atoms. The van der Waals surface area contributed by atoms with E-state index in [2.05, 4.69) is 22.0 Å². The molecule has 110 valence electrons. The van der Waals surface area contributed by atoms with Gasteiger partial charge in [-0.05, 0) is 12.1 Å². The van der Waals surface area contributed by atoms with Crippen LogP contribution in [0.5, 0.6) is 0 Å². The zero-order valence-corrected chi connectivity index (χ0v) is 12.1. The Balaban J connectivity index is 1.91. The highest BCUT2D eigenvalue weighted by atomic mass is 16.5. The molecule has 1 aliphatic rings. The Kier molecular flexibility index (Phi) is 3.16. The average Bonchev–Trinajstić information content (AvgIpc) is 3.26. The number of hydrogen-bond acceptors (Lipinski definition) is 4. The molecule has 22 heavy (non-hydrogen) atoms. The summed E-state index contributed by atoms with van der Waals surface area (Å²) in [5.41, 5.74) is 1.28. The molecule has 4 heteroatoms. The molecule has 1 saturated heterocycles. The maximum absolute atomic E-state index is 6.21. The molecule has 0 N–H and O–H groups in total. The molecule has 4 nitrogen and oxygen atoms in total. The van der Waals surface area contributed by atoms with Gasteiger partial charge in [0.1, 0.15) is 6.26 Å². The number of oxazole rings is 1. The highest BCUT2D eigenvalue weighted by Crippen LogP contribution is 2.42. The second-order valence-electron chi connectivity index (χ2n) is 5.18. The first kappa shape index (κ1) is 13.1. The number of rotatable bonds is 3. The summed E-state index contributed by atoms with van der Waals surface area (Å²) < 4.78 is 11.9. The Morgan fingerprint density at radius 1 is 0.955 bits per heavy atom. The van der Waals surface area contributed by atoms with Gasteiger partial charge in [-0.2, -0.15) is 0 Å². The van der Waals surface area contributed by atoms with Crippen LogP contribution in [-0.4, -0.2) is 18.1 Å². The smallest absolute Gasteiger partial charge is 0.253 e. The Bertz CT molecular complexity index is 728. The number of nitrogens with zero attached hydrogens (tertiary/aromatic N) is 2. The highest BCUT2D eigenvalue weighted by Gasteiger charge is 2.49. The van der Waals surface area contributed by atoms with E-state index >= 15 is 0 Å². The quantitative estimate of drug-likeness (QED) is 0.741. The standard InChI is InChI=1S/C18H16N2O2/c1-3-7-15(8-4-1)18(17-19-11-13-21-17)20(12-14-22-18)16-9-5-2-6-10-16/h1-11,13H,12,14H2/t18-/m0/s1. The molecule has 1 atom stereocenters. The Hall–Kier alpha value is -2.59. The summed E-state index contributed by atoms with van der Waals surface area (Å²) in [4.78, 5) is 6.59. The van der Waals surface area contributed by atoms with Crippen molar-refractivity contribution in [1.29, 1.82) is 0 Å². The lowest BCUT2D eigenvalue weighted by Crippen LogP contribution is -2.44. The number of anilines is 1. The van der Waals surface area contributed by atoms with Crippen molar-refractivity contribution in [3.63, 3.8) is 0 Å². The zero-order chi connectivity index (χ0) is 14.8. The van der Waals surface area contributed by atoms with Gasteiger partial charge in [-0.15, -0.1) is 0 Å². The molecule has 1 aliphatic heterocycles. The lowest BCUT2D eigenvalue weighted by molar-refractivity contribution is 0.0153. The SMILES string of the molecule is c1ccc(N2CCO[C@@]2(c2ccccc2)c2ncco2)cc1. The van der Waals surface area contributed by atoms with Crippen molar-refractivity contribution in [2.45, 2.75) is 5.72 Å². The maximum atomic E-state index is 6.21. The van der Waals surface area contributed by atoms with Crippen molar-refractivity contribution in [2.24, 2.45) is 0 Å². The van der Waals surface area contributed by atoms with Crippen LogP contribution in [-0.2, 0) is 10.5 Å². The van der Waals surface area contributed by atoms with Crippen LogP contribution >= 0.6 is 0 Å². The molecule has 2 heterocycles. The van der Waals surface area contributed by atoms with Crippen LogP contribution in [0.1, 0.15) is 11.5 Å². The third-order valence-corrected chi connectivity index (χ3v) is 3.96. The molecule has 0 radical (unpaired) electrons. The van der Waals surface area contributed by atoms with Gasteiger partial charge in [0.15, 0.2) is 0 Å². The first-order valence-electron chi connectivity index (χ1n) is 7.33. The Labute approximate surface area is 129 Å². The lowest BCUT2D eigenvalue weighted by atomic mass is 10.0. The van der Waals surface area contributed by atoms with Crippen LogP contribution < -0.4 is 4.90 Å². The van der Waals surface area contributed by atoms with Crippen LogP contribution in [0.15, 0.2) is 77.5 Å². The fraction of sp³-hybridized carbons (Fsp3) is 0.167. The van der Waals surface area contributed by atoms with Crippen molar-refractivity contribution in [3.8, 4) is 0 Å². The Morgan fingerprint density at radius 2 is 1.68 bits per heavy atom. The van der Waals surface area contributed by atoms with E-state index in [1.54, 1.807) is 12.5 Å². The molecule has 3 aromatic rings. The van der Waals surface area contributed by atoms with Gasteiger partial charge in [-0.3, -0.25) is 0 Å². The summed E-state index contributed by atoms with van der Waals surface area (Å²) in [5, 5.41) is 0. The summed E-state index contributed by atoms with van der Waals surface area (Å²) in [6.07, 6.45) is 3.25. The largest absolute Gasteiger partial charge is 0.444 e. The number of aromatic nitrogens is 1. The van der Waals surface area contributed by atoms with E-state index < -0.39 is 5.72 Å². The van der Waals surface area contributed by atoms with Crippen LogP contribution in [0, 0.1) is 0 Å². The van der Waals surface area contributed by atoms with Gasteiger partial charge in [0, 0.05) is 17.8 Å². The van der Waals surface area contributed by atoms with Gasteiger partial charge < -0.3 is 14.1 Å². The normalized spacial score (nSPS) is 21.2. The van der Waals surface area contributed by atoms with Gasteiger partial charge in [-0.1, -0.05) is 48.5 Å². The third-order valence-electron chi connectivity index (χ3n) is 3.96. The monoisotopic (exact) mass is 292 g/mol. The summed E-state index contributed by atoms with van der Waals surface area (Å²) in [7, 11) is 0. The number of ether oxygens (including phenoxy) is 1. The van der Waals surface area contributed by atoms with Crippen molar-refractivity contribution >= 4 is 5.69 Å². The first-order valence-corrected chi connectivity index (χ1v) is 7.33. The number of benzene rings is 2. The molecule has 1 aromatic heterocycles. The van der Waals surface area contributed by atoms with E-state index in [0.29, 0.717) is 12.5 Å². The summed E-state index contributed by atoms with van der Waals surface area (Å²) >= 11 is 0. The molecule has 0 aliphatic carbocycles. The van der Waals surface area contributed by atoms with E-state index in [9.17, 15) is 0 Å². The van der Waals surface area contributed by atoms with E-state index in [0.717, 1.165) is 17.8 Å². The van der Waals surface area contributed by atoms with Crippen molar-refractivity contribution in [3.05, 3.63) is 84.6 Å². The van der Waals surface area contributed by atoms with E-state index in [4.69, 9.17) is 9.15 Å². The summed E-state index contributed by atoms with van der Waals surface area (Å²) in [5.74, 6) is 0.556. The highest BCUT2D eigenvalue weighted by molar-refractivity contribution is 5.53. The molecule has 1 fully saturated rings. The fourth-order valence-electron chi connectivity index (χ4n) is 3.03. The molecule has 0 amide bonds. The van der Waals surface area contributed by atoms with Gasteiger partial charge in [0.05, 0.1) is 12.8 Å². The van der Waals surface area contributed by atoms with Crippen LogP contribution in [0.25, 0.3) is 0 Å². The topological polar surface area (TPSA) is 38.5 Å². The molecule has 2 aromatic carbocycles. The average molecular weight is 292 g/mol. The minimum Gasteiger partial charge on any atom is -0.444 e. The zero-order valence-electron chi connectivity index (χ0n) is 12.1. The van der Waals surface area contributed by atoms with Crippen molar-refractivity contribution < 1.29 is 9.15 Å². The van der Waals surface area contributed by atoms with E-state index in [1.807, 2.05) is 48.5 Å². The lowest BCUT2D eigenvalue weighted by Gasteiger charge is -2.36. The fourth-order valence-corrected chi connectivity index (χ4v) is 3.03. The number of hydrogen-bond donors (Lipinski definition) is 0. The van der Waals surface area contributed by atoms with Gasteiger partial charge >= 0.3 is 0 Å². The van der Waals surface area contributed by atoms with Gasteiger partial charge in [0.25, 0.3) is 5.89 Å². The van der Waals surface area contributed by atoms with Crippen LogP contribution in [0.3, 0.4) is 0 Å². The van der Waals surface area contributed by atoms with Crippen LogP contribution in [0.4, 0.5) is 5.69 Å². The molecular formula is C18H16N2O2. The molecular weight excluding hydrogens is 276 g/mol. The molecule has 4 rings (SSSR count). The predicted molar refractivity (Wildman–Crippen MR) is 83.5 cm³/mol. The first-order chi connectivity index (χ1) is 10.9. The number of para-hydroxylation sites is 1. The van der Waals surface area contributed by atoms with Crippen molar-refractivity contribution in [2.75, 3.05) is 18.1 Å². The minimum atomic E-state index is -0.813. The molecule has 0 unspecified atom stereocenters. The van der Waals surface area contributed by atoms with Gasteiger partial charge in [0.2, 0.25) is 5.72 Å². The summed E-state index contributed by atoms with van der Waals surface area (Å²) in [6, 6.07) is 20.3. The van der Waals surface area contributed by atoms with Crippen molar-refractivity contribution in [1.82, 2.24) is 4.98 Å². The molecule has 0 saturated carbocycles. The second kappa shape index (κ2) is 5.31. The second-order valence-corrected chi connectivity index (χ2v) is 5.18. The van der Waals surface area contributed by atoms with E-state index in [-0.39, 0.29) is 0 Å². The third kappa shape index (κ3) is 1.92. The predicted octanol–water partition coefficient (Wildman–Crippen LogP) is 3.41. The van der Waals surface area contributed by atoms with Gasteiger partial charge in [-0.25, -0.2) is 4.98 Å². The Morgan fingerprint density at radius 3 is 2.36 bits per heavy atom. The maximum Gasteiger partial charge on any atom is 0.253 e. The van der Waals surface area contributed by atoms with E-state index in [1.165, 1.54) is 0 Å². The van der Waals surface area contributed by atoms with Crippen LogP contribution in [0.2, 0.25) is 0 Å². The summed E-state index contributed by atoms with van der Waals surface area (Å²) in [6.45, 7) is 1.40.